The van der Waals surface area contributed by atoms with Gasteiger partial charge in [-0.1, -0.05) is 18.2 Å². The molecule has 0 amide bonds. The zero-order chi connectivity index (χ0) is 25.6. The fourth-order valence-corrected chi connectivity index (χ4v) is 5.73. The van der Waals surface area contributed by atoms with Gasteiger partial charge < -0.3 is 15.4 Å². The summed E-state index contributed by atoms with van der Waals surface area (Å²) in [4.78, 5) is 28.1. The molecule has 8 heteroatoms. The Morgan fingerprint density at radius 2 is 2.05 bits per heavy atom. The number of fused-ring (bicyclic) bond motifs is 1. The second-order valence-electron chi connectivity index (χ2n) is 10.2. The van der Waals surface area contributed by atoms with Gasteiger partial charge in [0.05, 0.1) is 23.9 Å². The quantitative estimate of drug-likeness (QED) is 0.426. The number of nitrogens with zero attached hydrogens (tertiary/aromatic N) is 4. The first-order chi connectivity index (χ1) is 18.0. The molecule has 2 saturated heterocycles. The maximum Gasteiger partial charge on any atom is 0.260 e. The first kappa shape index (κ1) is 23.8. The largest absolute Gasteiger partial charge is 0.371 e. The van der Waals surface area contributed by atoms with Crippen LogP contribution in [-0.4, -0.2) is 51.4 Å². The lowest BCUT2D eigenvalue weighted by atomic mass is 9.95. The molecule has 2 fully saturated rings. The Balaban J connectivity index is 1.49. The molecule has 5 heterocycles. The number of hydrogen-bond acceptors (Lipinski definition) is 7. The standard InChI is InChI=1S/C29H32N6O2/c1-4-31-28-32-15-21-13-24(23-9-8-20(12-18(23)2)25-7-5-6-19(3)33-25)27(36)35(26(21)34-28)22-14-29(37-16-22)10-11-30-17-29/h5-9,12-13,15,22,30H,4,10-11,14,16-17H2,1-3H3,(H,31,32,34). The molecule has 2 unspecified atom stereocenters. The Kier molecular flexibility index (Phi) is 6.01. The lowest BCUT2D eigenvalue weighted by Crippen LogP contribution is -2.32. The van der Waals surface area contributed by atoms with Crippen LogP contribution in [0.15, 0.2) is 53.5 Å². The second kappa shape index (κ2) is 9.36. The van der Waals surface area contributed by atoms with E-state index >= 15 is 0 Å². The van der Waals surface area contributed by atoms with Crippen LogP contribution in [0.3, 0.4) is 0 Å². The number of nitrogens with one attached hydrogen (secondary N) is 2. The zero-order valence-electron chi connectivity index (χ0n) is 21.5. The first-order valence-electron chi connectivity index (χ1n) is 13.0. The molecule has 37 heavy (non-hydrogen) atoms. The summed E-state index contributed by atoms with van der Waals surface area (Å²) in [6.45, 7) is 9.01. The zero-order valence-corrected chi connectivity index (χ0v) is 21.5. The van der Waals surface area contributed by atoms with Crippen LogP contribution in [0.2, 0.25) is 0 Å². The van der Waals surface area contributed by atoms with E-state index in [9.17, 15) is 4.79 Å². The van der Waals surface area contributed by atoms with Gasteiger partial charge >= 0.3 is 0 Å². The van der Waals surface area contributed by atoms with E-state index in [-0.39, 0.29) is 17.2 Å². The Bertz CT molecular complexity index is 1540. The van der Waals surface area contributed by atoms with Crippen LogP contribution in [0.1, 0.15) is 37.1 Å². The minimum absolute atomic E-state index is 0.0465. The van der Waals surface area contributed by atoms with Gasteiger partial charge in [-0.25, -0.2) is 4.98 Å². The molecule has 6 rings (SSSR count). The molecule has 2 N–H and O–H groups in total. The molecule has 2 aliphatic heterocycles. The van der Waals surface area contributed by atoms with Crippen molar-refractivity contribution in [2.24, 2.45) is 0 Å². The molecule has 0 radical (unpaired) electrons. The van der Waals surface area contributed by atoms with E-state index < -0.39 is 0 Å². The van der Waals surface area contributed by atoms with Gasteiger partial charge in [-0.3, -0.25) is 14.3 Å². The molecular formula is C29H32N6O2. The lowest BCUT2D eigenvalue weighted by Gasteiger charge is -2.22. The van der Waals surface area contributed by atoms with Crippen molar-refractivity contribution >= 4 is 17.0 Å². The molecule has 8 nitrogen and oxygen atoms in total. The highest BCUT2D eigenvalue weighted by Gasteiger charge is 2.44. The summed E-state index contributed by atoms with van der Waals surface area (Å²) in [5.41, 5.74) is 5.91. The highest BCUT2D eigenvalue weighted by Crippen LogP contribution is 2.38. The van der Waals surface area contributed by atoms with E-state index in [1.54, 1.807) is 0 Å². The topological polar surface area (TPSA) is 94.0 Å². The van der Waals surface area contributed by atoms with Crippen molar-refractivity contribution < 1.29 is 4.74 Å². The Labute approximate surface area is 216 Å². The van der Waals surface area contributed by atoms with Gasteiger partial charge in [0.1, 0.15) is 5.65 Å². The summed E-state index contributed by atoms with van der Waals surface area (Å²) in [7, 11) is 0. The lowest BCUT2D eigenvalue weighted by molar-refractivity contribution is 0.0206. The molecule has 1 spiro atoms. The number of rotatable bonds is 5. The van der Waals surface area contributed by atoms with E-state index in [2.05, 4.69) is 26.7 Å². The Morgan fingerprint density at radius 3 is 2.81 bits per heavy atom. The summed E-state index contributed by atoms with van der Waals surface area (Å²) < 4.78 is 8.16. The van der Waals surface area contributed by atoms with E-state index in [4.69, 9.17) is 9.72 Å². The van der Waals surface area contributed by atoms with Crippen molar-refractivity contribution in [3.8, 4) is 22.4 Å². The maximum absolute atomic E-state index is 14.2. The summed E-state index contributed by atoms with van der Waals surface area (Å²) >= 11 is 0. The molecule has 0 bridgehead atoms. The molecule has 0 aliphatic carbocycles. The second-order valence-corrected chi connectivity index (χ2v) is 10.2. The van der Waals surface area contributed by atoms with Gasteiger partial charge in [-0.15, -0.1) is 0 Å². The number of aryl methyl sites for hydroxylation is 2. The van der Waals surface area contributed by atoms with Crippen LogP contribution in [0.4, 0.5) is 5.95 Å². The molecule has 2 atom stereocenters. The Hall–Kier alpha value is -3.62. The van der Waals surface area contributed by atoms with Gasteiger partial charge in [0.2, 0.25) is 5.95 Å². The van der Waals surface area contributed by atoms with Crippen molar-refractivity contribution in [3.63, 3.8) is 0 Å². The van der Waals surface area contributed by atoms with Crippen LogP contribution < -0.4 is 16.2 Å². The molecule has 2 aliphatic rings. The van der Waals surface area contributed by atoms with Crippen LogP contribution in [0.5, 0.6) is 0 Å². The molecule has 3 aromatic heterocycles. The van der Waals surface area contributed by atoms with E-state index in [0.29, 0.717) is 30.3 Å². The highest BCUT2D eigenvalue weighted by molar-refractivity contribution is 5.83. The van der Waals surface area contributed by atoms with Crippen LogP contribution in [0, 0.1) is 13.8 Å². The third-order valence-electron chi connectivity index (χ3n) is 7.57. The number of hydrogen-bond donors (Lipinski definition) is 2. The van der Waals surface area contributed by atoms with Gasteiger partial charge in [-0.05, 0) is 69.1 Å². The minimum Gasteiger partial charge on any atom is -0.371 e. The number of pyridine rings is 2. The van der Waals surface area contributed by atoms with Gasteiger partial charge in [0.25, 0.3) is 5.56 Å². The van der Waals surface area contributed by atoms with Crippen molar-refractivity contribution in [1.82, 2.24) is 24.8 Å². The fraction of sp³-hybridized carbons (Fsp3) is 0.379. The molecule has 190 valence electrons. The number of ether oxygens (including phenoxy) is 1. The summed E-state index contributed by atoms with van der Waals surface area (Å²) in [6.07, 6.45) is 3.56. The number of anilines is 1. The third kappa shape index (κ3) is 4.30. The average molecular weight is 497 g/mol. The van der Waals surface area contributed by atoms with Gasteiger partial charge in [-0.2, -0.15) is 4.98 Å². The maximum atomic E-state index is 14.2. The molecular weight excluding hydrogens is 464 g/mol. The number of benzene rings is 1. The van der Waals surface area contributed by atoms with Crippen molar-refractivity contribution in [1.29, 1.82) is 0 Å². The monoisotopic (exact) mass is 496 g/mol. The third-order valence-corrected chi connectivity index (χ3v) is 7.57. The van der Waals surface area contributed by atoms with Crippen LogP contribution in [-0.2, 0) is 4.74 Å². The summed E-state index contributed by atoms with van der Waals surface area (Å²) in [5, 5.41) is 7.44. The van der Waals surface area contributed by atoms with Crippen molar-refractivity contribution in [3.05, 3.63) is 70.3 Å². The smallest absolute Gasteiger partial charge is 0.260 e. The van der Waals surface area contributed by atoms with Crippen LogP contribution in [0.25, 0.3) is 33.4 Å². The SMILES string of the molecule is CCNc1ncc2cc(-c3ccc(-c4cccc(C)n4)cc3C)c(=O)n(C3COC4(CCNC4)C3)c2n1. The van der Waals surface area contributed by atoms with E-state index in [0.717, 1.165) is 59.4 Å². The first-order valence-corrected chi connectivity index (χ1v) is 13.0. The summed E-state index contributed by atoms with van der Waals surface area (Å²) in [5.74, 6) is 0.526. The molecule has 1 aromatic carbocycles. The highest BCUT2D eigenvalue weighted by atomic mass is 16.5. The van der Waals surface area contributed by atoms with Gasteiger partial charge in [0, 0.05) is 47.9 Å². The minimum atomic E-state index is -0.206. The average Bonchev–Trinajstić information content (AvgIpc) is 3.53. The van der Waals surface area contributed by atoms with Crippen molar-refractivity contribution in [2.75, 3.05) is 31.6 Å². The molecule has 0 saturated carbocycles. The van der Waals surface area contributed by atoms with Crippen molar-refractivity contribution in [2.45, 2.75) is 45.3 Å². The normalized spacial score (nSPS) is 21.2. The predicted octanol–water partition coefficient (Wildman–Crippen LogP) is 4.26. The van der Waals surface area contributed by atoms with E-state index in [1.807, 2.05) is 67.9 Å². The predicted molar refractivity (Wildman–Crippen MR) is 146 cm³/mol. The molecule has 4 aromatic rings. The van der Waals surface area contributed by atoms with E-state index in [1.165, 1.54) is 0 Å². The van der Waals surface area contributed by atoms with Crippen LogP contribution >= 0.6 is 0 Å². The fourth-order valence-electron chi connectivity index (χ4n) is 5.73. The number of aromatic nitrogens is 4. The van der Waals surface area contributed by atoms with Gasteiger partial charge in [0.15, 0.2) is 0 Å². The Morgan fingerprint density at radius 1 is 1.16 bits per heavy atom. The summed E-state index contributed by atoms with van der Waals surface area (Å²) in [6, 6.07) is 14.0.